The number of nitrogens with two attached hydrogens (primary N) is 1. The smallest absolute Gasteiger partial charge is 0.130 e. The first-order chi connectivity index (χ1) is 6.02. The van der Waals surface area contributed by atoms with Crippen molar-refractivity contribution in [3.05, 3.63) is 28.2 Å². The molecule has 0 spiro atoms. The van der Waals surface area contributed by atoms with Gasteiger partial charge in [0.2, 0.25) is 0 Å². The summed E-state index contributed by atoms with van der Waals surface area (Å²) in [4.78, 5) is 0. The van der Waals surface area contributed by atoms with Gasteiger partial charge in [0.15, 0.2) is 0 Å². The molecule has 0 aromatic heterocycles. The molecule has 72 valence electrons. The normalized spacial score (nSPS) is 15.4. The lowest BCUT2D eigenvalue weighted by atomic mass is 10.0. The molecule has 0 radical (unpaired) electrons. The van der Waals surface area contributed by atoms with E-state index in [1.165, 1.54) is 0 Å². The fourth-order valence-electron chi connectivity index (χ4n) is 1.02. The second kappa shape index (κ2) is 4.09. The molecule has 4 N–H and O–H groups in total. The number of benzene rings is 1. The Morgan fingerprint density at radius 2 is 2.08 bits per heavy atom. The van der Waals surface area contributed by atoms with Crippen molar-refractivity contribution in [1.82, 2.24) is 0 Å². The summed E-state index contributed by atoms with van der Waals surface area (Å²) in [7, 11) is 0. The Balaban J connectivity index is 2.97. The van der Waals surface area contributed by atoms with Crippen LogP contribution in [0.25, 0.3) is 0 Å². The van der Waals surface area contributed by atoms with Crippen LogP contribution in [0.4, 0.5) is 0 Å². The molecule has 1 rings (SSSR count). The van der Waals surface area contributed by atoms with Gasteiger partial charge < -0.3 is 15.9 Å². The summed E-state index contributed by atoms with van der Waals surface area (Å²) in [6.45, 7) is 1.61. The topological polar surface area (TPSA) is 66.5 Å². The van der Waals surface area contributed by atoms with Crippen molar-refractivity contribution < 1.29 is 10.2 Å². The highest BCUT2D eigenvalue weighted by molar-refractivity contribution is 9.10. The van der Waals surface area contributed by atoms with E-state index >= 15 is 0 Å². The van der Waals surface area contributed by atoms with Gasteiger partial charge in [0.05, 0.1) is 16.6 Å². The minimum absolute atomic E-state index is 0.133. The van der Waals surface area contributed by atoms with Crippen molar-refractivity contribution in [2.75, 3.05) is 0 Å². The SMILES string of the molecule is C[C@@H](O)[C@H](N)c1ccc(Br)c(O)c1. The molecule has 0 saturated heterocycles. The van der Waals surface area contributed by atoms with Gasteiger partial charge in [-0.15, -0.1) is 0 Å². The van der Waals surface area contributed by atoms with Crippen molar-refractivity contribution in [2.24, 2.45) is 5.73 Å². The maximum absolute atomic E-state index is 9.35. The number of halogens is 1. The quantitative estimate of drug-likeness (QED) is 0.741. The van der Waals surface area contributed by atoms with Crippen LogP contribution in [0.5, 0.6) is 5.75 Å². The average molecular weight is 246 g/mol. The summed E-state index contributed by atoms with van der Waals surface area (Å²) in [6, 6.07) is 4.55. The summed E-state index contributed by atoms with van der Waals surface area (Å²) in [5.41, 5.74) is 6.40. The van der Waals surface area contributed by atoms with Crippen LogP contribution in [-0.2, 0) is 0 Å². The fraction of sp³-hybridized carbons (Fsp3) is 0.333. The molecule has 1 aromatic rings. The summed E-state index contributed by atoms with van der Waals surface area (Å²) in [6.07, 6.45) is -0.624. The molecule has 0 saturated carbocycles. The first-order valence-corrected chi connectivity index (χ1v) is 4.73. The van der Waals surface area contributed by atoms with Crippen molar-refractivity contribution >= 4 is 15.9 Å². The van der Waals surface area contributed by atoms with Crippen LogP contribution in [0.2, 0.25) is 0 Å². The zero-order valence-electron chi connectivity index (χ0n) is 7.24. The molecule has 0 aliphatic rings. The van der Waals surface area contributed by atoms with Crippen LogP contribution in [0.15, 0.2) is 22.7 Å². The third kappa shape index (κ3) is 2.43. The van der Waals surface area contributed by atoms with Gasteiger partial charge in [-0.25, -0.2) is 0 Å². The molecule has 0 amide bonds. The number of phenols is 1. The molecule has 0 unspecified atom stereocenters. The van der Waals surface area contributed by atoms with E-state index in [2.05, 4.69) is 15.9 Å². The van der Waals surface area contributed by atoms with Gasteiger partial charge in [0.1, 0.15) is 5.75 Å². The van der Waals surface area contributed by atoms with E-state index in [0.29, 0.717) is 4.47 Å². The van der Waals surface area contributed by atoms with Crippen molar-refractivity contribution in [2.45, 2.75) is 19.1 Å². The highest BCUT2D eigenvalue weighted by Crippen LogP contribution is 2.27. The monoisotopic (exact) mass is 245 g/mol. The predicted molar refractivity (Wildman–Crippen MR) is 54.4 cm³/mol. The van der Waals surface area contributed by atoms with E-state index in [0.717, 1.165) is 5.56 Å². The Morgan fingerprint density at radius 3 is 2.54 bits per heavy atom. The van der Waals surface area contributed by atoms with E-state index in [1.807, 2.05) is 0 Å². The van der Waals surface area contributed by atoms with Gasteiger partial charge in [0.25, 0.3) is 0 Å². The van der Waals surface area contributed by atoms with Crippen LogP contribution >= 0.6 is 15.9 Å². The van der Waals surface area contributed by atoms with E-state index in [4.69, 9.17) is 5.73 Å². The lowest BCUT2D eigenvalue weighted by Crippen LogP contribution is -2.22. The van der Waals surface area contributed by atoms with Gasteiger partial charge in [-0.3, -0.25) is 0 Å². The number of aliphatic hydroxyl groups is 1. The average Bonchev–Trinajstić information content (AvgIpc) is 2.08. The highest BCUT2D eigenvalue weighted by Gasteiger charge is 2.12. The molecular formula is C9H12BrNO2. The van der Waals surface area contributed by atoms with E-state index in [1.54, 1.807) is 25.1 Å². The number of rotatable bonds is 2. The number of aliphatic hydroxyl groups excluding tert-OH is 1. The highest BCUT2D eigenvalue weighted by atomic mass is 79.9. The Hall–Kier alpha value is -0.580. The molecule has 0 heterocycles. The first-order valence-electron chi connectivity index (χ1n) is 3.94. The largest absolute Gasteiger partial charge is 0.507 e. The predicted octanol–water partition coefficient (Wildman–Crippen LogP) is 1.54. The Morgan fingerprint density at radius 1 is 1.46 bits per heavy atom. The Kier molecular flexibility index (Phi) is 3.30. The summed E-state index contributed by atoms with van der Waals surface area (Å²) in [5, 5.41) is 18.6. The molecule has 0 aliphatic heterocycles. The lowest BCUT2D eigenvalue weighted by molar-refractivity contribution is 0.164. The lowest BCUT2D eigenvalue weighted by Gasteiger charge is -2.15. The zero-order chi connectivity index (χ0) is 10.0. The van der Waals surface area contributed by atoms with Gasteiger partial charge in [-0.2, -0.15) is 0 Å². The van der Waals surface area contributed by atoms with E-state index in [9.17, 15) is 10.2 Å². The Bertz CT molecular complexity index is 302. The number of hydrogen-bond donors (Lipinski definition) is 3. The number of hydrogen-bond acceptors (Lipinski definition) is 3. The molecule has 4 heteroatoms. The standard InChI is InChI=1S/C9H12BrNO2/c1-5(12)9(11)6-2-3-7(10)8(13)4-6/h2-5,9,12-13H,11H2,1H3/t5-,9+/m1/s1. The van der Waals surface area contributed by atoms with Gasteiger partial charge in [-0.1, -0.05) is 6.07 Å². The maximum atomic E-state index is 9.35. The summed E-state index contributed by atoms with van der Waals surface area (Å²) in [5.74, 6) is 0.133. The number of phenolic OH excluding ortho intramolecular Hbond substituents is 1. The third-order valence-corrected chi connectivity index (χ3v) is 2.55. The van der Waals surface area contributed by atoms with E-state index in [-0.39, 0.29) is 5.75 Å². The van der Waals surface area contributed by atoms with Crippen LogP contribution in [0, 0.1) is 0 Å². The molecule has 3 nitrogen and oxygen atoms in total. The van der Waals surface area contributed by atoms with Crippen LogP contribution < -0.4 is 5.73 Å². The minimum atomic E-state index is -0.624. The minimum Gasteiger partial charge on any atom is -0.507 e. The second-order valence-electron chi connectivity index (χ2n) is 2.98. The van der Waals surface area contributed by atoms with Crippen molar-refractivity contribution in [1.29, 1.82) is 0 Å². The molecule has 0 aliphatic carbocycles. The number of aromatic hydroxyl groups is 1. The van der Waals surface area contributed by atoms with Gasteiger partial charge in [-0.05, 0) is 40.5 Å². The molecule has 1 aromatic carbocycles. The molecular weight excluding hydrogens is 234 g/mol. The molecule has 0 bridgehead atoms. The van der Waals surface area contributed by atoms with Crippen molar-refractivity contribution in [3.63, 3.8) is 0 Å². The third-order valence-electron chi connectivity index (χ3n) is 1.87. The zero-order valence-corrected chi connectivity index (χ0v) is 8.82. The van der Waals surface area contributed by atoms with E-state index < -0.39 is 12.1 Å². The fourth-order valence-corrected chi connectivity index (χ4v) is 1.26. The Labute approximate surface area is 85.3 Å². The maximum Gasteiger partial charge on any atom is 0.130 e. The molecule has 13 heavy (non-hydrogen) atoms. The second-order valence-corrected chi connectivity index (χ2v) is 3.83. The first kappa shape index (κ1) is 10.5. The van der Waals surface area contributed by atoms with Crippen LogP contribution in [0.3, 0.4) is 0 Å². The van der Waals surface area contributed by atoms with Gasteiger partial charge >= 0.3 is 0 Å². The van der Waals surface area contributed by atoms with Crippen LogP contribution in [-0.4, -0.2) is 16.3 Å². The summed E-state index contributed by atoms with van der Waals surface area (Å²) >= 11 is 3.16. The molecule has 0 fully saturated rings. The van der Waals surface area contributed by atoms with Crippen molar-refractivity contribution in [3.8, 4) is 5.75 Å². The van der Waals surface area contributed by atoms with Gasteiger partial charge in [0, 0.05) is 0 Å². The van der Waals surface area contributed by atoms with Crippen LogP contribution in [0.1, 0.15) is 18.5 Å². The molecule has 2 atom stereocenters. The summed E-state index contributed by atoms with van der Waals surface area (Å²) < 4.78 is 0.619.